The first-order valence-electron chi connectivity index (χ1n) is 8.72. The molecule has 0 unspecified atom stereocenters. The van der Waals surface area contributed by atoms with Gasteiger partial charge in [-0.15, -0.1) is 0 Å². The molecule has 1 aliphatic rings. The number of ether oxygens (including phenoxy) is 3. The zero-order valence-electron chi connectivity index (χ0n) is 15.6. The minimum absolute atomic E-state index is 0.222. The van der Waals surface area contributed by atoms with Crippen molar-refractivity contribution in [3.05, 3.63) is 28.7 Å². The first-order chi connectivity index (χ1) is 13.0. The summed E-state index contributed by atoms with van der Waals surface area (Å²) in [6.45, 7) is 4.22. The number of imide groups is 1. The van der Waals surface area contributed by atoms with Crippen LogP contribution in [0.4, 0.5) is 4.79 Å². The Labute approximate surface area is 162 Å². The van der Waals surface area contributed by atoms with Gasteiger partial charge in [-0.1, -0.05) is 19.4 Å². The van der Waals surface area contributed by atoms with Gasteiger partial charge in [0, 0.05) is 6.54 Å². The van der Waals surface area contributed by atoms with E-state index < -0.39 is 5.97 Å². The van der Waals surface area contributed by atoms with Crippen molar-refractivity contribution in [2.45, 2.75) is 26.7 Å². The molecule has 7 nitrogen and oxygen atoms in total. The highest BCUT2D eigenvalue weighted by Crippen LogP contribution is 2.34. The summed E-state index contributed by atoms with van der Waals surface area (Å²) in [5.41, 5.74) is 0.691. The predicted octanol–water partition coefficient (Wildman–Crippen LogP) is 3.47. The van der Waals surface area contributed by atoms with Crippen LogP contribution in [0.5, 0.6) is 11.5 Å². The Morgan fingerprint density at radius 1 is 1.22 bits per heavy atom. The SMILES string of the molecule is CCCCN1C(=O)SC(=Cc2ccc(OCC(=O)OCC)c(OC)c2)C1=O. The van der Waals surface area contributed by atoms with Crippen LogP contribution in [0.3, 0.4) is 0 Å². The molecule has 0 aromatic heterocycles. The molecule has 0 radical (unpaired) electrons. The number of nitrogens with zero attached hydrogens (tertiary/aromatic N) is 1. The van der Waals surface area contributed by atoms with Gasteiger partial charge in [-0.05, 0) is 48.9 Å². The lowest BCUT2D eigenvalue weighted by Gasteiger charge is -2.11. The third-order valence-corrected chi connectivity index (χ3v) is 4.65. The van der Waals surface area contributed by atoms with Crippen LogP contribution in [-0.4, -0.2) is 48.9 Å². The topological polar surface area (TPSA) is 82.1 Å². The number of unbranched alkanes of at least 4 members (excludes halogenated alkanes) is 1. The number of hydrogen-bond acceptors (Lipinski definition) is 7. The number of esters is 1. The fourth-order valence-electron chi connectivity index (χ4n) is 2.39. The molecule has 0 saturated carbocycles. The van der Waals surface area contributed by atoms with Crippen LogP contribution in [0.15, 0.2) is 23.1 Å². The van der Waals surface area contributed by atoms with Gasteiger partial charge >= 0.3 is 5.97 Å². The van der Waals surface area contributed by atoms with E-state index in [0.29, 0.717) is 28.5 Å². The average Bonchev–Trinajstić information content (AvgIpc) is 2.92. The van der Waals surface area contributed by atoms with E-state index >= 15 is 0 Å². The zero-order valence-corrected chi connectivity index (χ0v) is 16.5. The monoisotopic (exact) mass is 393 g/mol. The van der Waals surface area contributed by atoms with Crippen molar-refractivity contribution >= 4 is 35.0 Å². The Kier molecular flexibility index (Phi) is 7.72. The van der Waals surface area contributed by atoms with Gasteiger partial charge in [0.05, 0.1) is 18.6 Å². The van der Waals surface area contributed by atoms with E-state index in [0.717, 1.165) is 24.6 Å². The molecule has 0 N–H and O–H groups in total. The molecule has 8 heteroatoms. The molecule has 146 valence electrons. The first kappa shape index (κ1) is 20.8. The van der Waals surface area contributed by atoms with Gasteiger partial charge in [0.2, 0.25) is 0 Å². The summed E-state index contributed by atoms with van der Waals surface area (Å²) in [5.74, 6) is 0.0569. The smallest absolute Gasteiger partial charge is 0.344 e. The Morgan fingerprint density at radius 3 is 2.67 bits per heavy atom. The maximum Gasteiger partial charge on any atom is 0.344 e. The van der Waals surface area contributed by atoms with Gasteiger partial charge in [0.25, 0.3) is 11.1 Å². The van der Waals surface area contributed by atoms with E-state index in [1.165, 1.54) is 12.0 Å². The highest BCUT2D eigenvalue weighted by atomic mass is 32.2. The maximum absolute atomic E-state index is 12.4. The molecule has 2 amide bonds. The molecule has 0 aliphatic carbocycles. The summed E-state index contributed by atoms with van der Waals surface area (Å²) in [6.07, 6.45) is 3.34. The second-order valence-corrected chi connectivity index (χ2v) is 6.68. The van der Waals surface area contributed by atoms with Crippen LogP contribution in [0.2, 0.25) is 0 Å². The van der Waals surface area contributed by atoms with Crippen molar-refractivity contribution in [2.75, 3.05) is 26.9 Å². The van der Waals surface area contributed by atoms with Crippen molar-refractivity contribution in [1.29, 1.82) is 0 Å². The summed E-state index contributed by atoms with van der Waals surface area (Å²) >= 11 is 0.930. The van der Waals surface area contributed by atoms with E-state index in [4.69, 9.17) is 14.2 Å². The van der Waals surface area contributed by atoms with Crippen molar-refractivity contribution in [3.63, 3.8) is 0 Å². The van der Waals surface area contributed by atoms with Gasteiger partial charge in [-0.2, -0.15) is 0 Å². The van der Waals surface area contributed by atoms with E-state index in [1.54, 1.807) is 31.2 Å². The first-order valence-corrected chi connectivity index (χ1v) is 9.53. The summed E-state index contributed by atoms with van der Waals surface area (Å²) in [6, 6.07) is 5.05. The number of benzene rings is 1. The molecule has 1 aliphatic heterocycles. The van der Waals surface area contributed by atoms with E-state index in [-0.39, 0.29) is 24.4 Å². The Hall–Kier alpha value is -2.48. The molecule has 2 rings (SSSR count). The summed E-state index contributed by atoms with van der Waals surface area (Å²) in [7, 11) is 1.48. The van der Waals surface area contributed by atoms with Crippen molar-refractivity contribution < 1.29 is 28.6 Å². The normalized spacial score (nSPS) is 15.4. The summed E-state index contributed by atoms with van der Waals surface area (Å²) < 4.78 is 15.5. The lowest BCUT2D eigenvalue weighted by molar-refractivity contribution is -0.145. The second kappa shape index (κ2) is 10.0. The van der Waals surface area contributed by atoms with Crippen molar-refractivity contribution in [3.8, 4) is 11.5 Å². The quantitative estimate of drug-likeness (QED) is 0.469. The Balaban J connectivity index is 2.13. The molecule has 1 saturated heterocycles. The molecular weight excluding hydrogens is 370 g/mol. The number of methoxy groups -OCH3 is 1. The van der Waals surface area contributed by atoms with Gasteiger partial charge in [0.15, 0.2) is 18.1 Å². The number of thioether (sulfide) groups is 1. The second-order valence-electron chi connectivity index (χ2n) is 5.69. The minimum Gasteiger partial charge on any atom is -0.493 e. The van der Waals surface area contributed by atoms with Gasteiger partial charge in [0.1, 0.15) is 0 Å². The molecule has 1 aromatic rings. The predicted molar refractivity (Wildman–Crippen MR) is 103 cm³/mol. The molecule has 0 spiro atoms. The lowest BCUT2D eigenvalue weighted by atomic mass is 10.2. The van der Waals surface area contributed by atoms with Crippen molar-refractivity contribution in [1.82, 2.24) is 4.90 Å². The van der Waals surface area contributed by atoms with Gasteiger partial charge in [-0.25, -0.2) is 4.79 Å². The molecule has 1 aromatic carbocycles. The third-order valence-electron chi connectivity index (χ3n) is 3.75. The van der Waals surface area contributed by atoms with Crippen LogP contribution in [-0.2, 0) is 14.3 Å². The Bertz CT molecular complexity index is 746. The fourth-order valence-corrected chi connectivity index (χ4v) is 3.26. The maximum atomic E-state index is 12.4. The van der Waals surface area contributed by atoms with Crippen LogP contribution in [0, 0.1) is 0 Å². The average molecular weight is 393 g/mol. The number of hydrogen-bond donors (Lipinski definition) is 0. The fraction of sp³-hybridized carbons (Fsp3) is 0.421. The van der Waals surface area contributed by atoms with Crippen LogP contribution < -0.4 is 9.47 Å². The summed E-state index contributed by atoms with van der Waals surface area (Å²) in [4.78, 5) is 37.5. The van der Waals surface area contributed by atoms with Crippen LogP contribution in [0.25, 0.3) is 6.08 Å². The molecule has 0 atom stereocenters. The Morgan fingerprint density at radius 2 is 2.00 bits per heavy atom. The molecule has 0 bridgehead atoms. The van der Waals surface area contributed by atoms with Crippen molar-refractivity contribution in [2.24, 2.45) is 0 Å². The third kappa shape index (κ3) is 5.50. The zero-order chi connectivity index (χ0) is 19.8. The van der Waals surface area contributed by atoms with E-state index in [1.807, 2.05) is 6.92 Å². The highest BCUT2D eigenvalue weighted by molar-refractivity contribution is 8.18. The standard InChI is InChI=1S/C19H23NO6S/c1-4-6-9-20-18(22)16(27-19(20)23)11-13-7-8-14(15(10-13)24-3)26-12-17(21)25-5-2/h7-8,10-11H,4-6,9,12H2,1-3H3. The van der Waals surface area contributed by atoms with Gasteiger partial charge in [-0.3, -0.25) is 14.5 Å². The number of rotatable bonds is 9. The summed E-state index contributed by atoms with van der Waals surface area (Å²) in [5, 5.41) is -0.249. The molecular formula is C19H23NO6S. The van der Waals surface area contributed by atoms with Gasteiger partial charge < -0.3 is 14.2 Å². The minimum atomic E-state index is -0.468. The number of amides is 2. The largest absolute Gasteiger partial charge is 0.493 e. The number of carbonyl (C=O) groups excluding carboxylic acids is 3. The number of carbonyl (C=O) groups is 3. The molecule has 1 fully saturated rings. The molecule has 27 heavy (non-hydrogen) atoms. The van der Waals surface area contributed by atoms with E-state index in [2.05, 4.69) is 0 Å². The molecule has 1 heterocycles. The lowest BCUT2D eigenvalue weighted by Crippen LogP contribution is -2.29. The van der Waals surface area contributed by atoms with Crippen LogP contribution in [0.1, 0.15) is 32.3 Å². The highest BCUT2D eigenvalue weighted by Gasteiger charge is 2.34. The van der Waals surface area contributed by atoms with Crippen LogP contribution >= 0.6 is 11.8 Å². The van der Waals surface area contributed by atoms with E-state index in [9.17, 15) is 14.4 Å².